The Kier molecular flexibility index (Phi) is 6.73. The van der Waals surface area contributed by atoms with Gasteiger partial charge in [0.05, 0.1) is 5.75 Å². The summed E-state index contributed by atoms with van der Waals surface area (Å²) >= 11 is 0. The monoisotopic (exact) mass is 409 g/mol. The highest BCUT2D eigenvalue weighted by Gasteiger charge is 2.24. The fourth-order valence-corrected chi connectivity index (χ4v) is 4.33. The molecule has 0 atom stereocenters. The summed E-state index contributed by atoms with van der Waals surface area (Å²) < 4.78 is 26.2. The summed E-state index contributed by atoms with van der Waals surface area (Å²) in [7, 11) is -3.34. The van der Waals surface area contributed by atoms with Gasteiger partial charge in [0, 0.05) is 29.2 Å². The van der Waals surface area contributed by atoms with Crippen LogP contribution in [0.4, 0.5) is 17.1 Å². The van der Waals surface area contributed by atoms with E-state index in [-0.39, 0.29) is 24.1 Å². The molecular formula is C19H24ClN3O3S. The number of fused-ring (bicyclic) bond motifs is 1. The van der Waals surface area contributed by atoms with Crippen molar-refractivity contribution < 1.29 is 13.2 Å². The molecule has 1 aliphatic rings. The van der Waals surface area contributed by atoms with Crippen molar-refractivity contribution in [3.05, 3.63) is 53.6 Å². The molecule has 1 amide bonds. The van der Waals surface area contributed by atoms with Crippen LogP contribution >= 0.6 is 12.4 Å². The lowest BCUT2D eigenvalue weighted by Gasteiger charge is -2.30. The predicted molar refractivity (Wildman–Crippen MR) is 112 cm³/mol. The van der Waals surface area contributed by atoms with E-state index in [0.29, 0.717) is 29.9 Å². The van der Waals surface area contributed by atoms with Crippen LogP contribution in [0.1, 0.15) is 35.7 Å². The molecule has 0 aromatic heterocycles. The van der Waals surface area contributed by atoms with Crippen molar-refractivity contribution in [3.63, 3.8) is 0 Å². The minimum Gasteiger partial charge on any atom is -0.398 e. The first-order valence-corrected chi connectivity index (χ1v) is 10.4. The Morgan fingerprint density at radius 2 is 1.89 bits per heavy atom. The number of halogens is 1. The van der Waals surface area contributed by atoms with Crippen molar-refractivity contribution in [1.82, 2.24) is 0 Å². The Hall–Kier alpha value is -2.25. The van der Waals surface area contributed by atoms with Gasteiger partial charge in [0.2, 0.25) is 10.0 Å². The minimum atomic E-state index is -3.34. The molecule has 0 aliphatic carbocycles. The van der Waals surface area contributed by atoms with Crippen LogP contribution in [0.5, 0.6) is 0 Å². The van der Waals surface area contributed by atoms with Crippen molar-refractivity contribution in [3.8, 4) is 0 Å². The Balaban J connectivity index is 0.00000261. The van der Waals surface area contributed by atoms with Crippen LogP contribution in [-0.2, 0) is 16.4 Å². The van der Waals surface area contributed by atoms with Gasteiger partial charge in [-0.1, -0.05) is 13.0 Å². The number of nitrogen functional groups attached to an aromatic ring is 1. The normalized spacial score (nSPS) is 13.4. The average Bonchev–Trinajstić information content (AvgIpc) is 2.61. The number of carbonyl (C=O) groups is 1. The third-order valence-corrected chi connectivity index (χ3v) is 5.90. The number of rotatable bonds is 5. The molecule has 1 aliphatic heterocycles. The van der Waals surface area contributed by atoms with Crippen LogP contribution in [0.3, 0.4) is 0 Å². The molecule has 27 heavy (non-hydrogen) atoms. The van der Waals surface area contributed by atoms with Gasteiger partial charge in [-0.2, -0.15) is 0 Å². The van der Waals surface area contributed by atoms with E-state index >= 15 is 0 Å². The van der Waals surface area contributed by atoms with Crippen LogP contribution < -0.4 is 15.4 Å². The summed E-state index contributed by atoms with van der Waals surface area (Å²) in [5, 5.41) is 0. The molecule has 0 spiro atoms. The Morgan fingerprint density at radius 1 is 1.19 bits per heavy atom. The van der Waals surface area contributed by atoms with Gasteiger partial charge in [0.15, 0.2) is 0 Å². The smallest absolute Gasteiger partial charge is 0.258 e. The van der Waals surface area contributed by atoms with E-state index in [2.05, 4.69) is 4.72 Å². The number of hydrogen-bond acceptors (Lipinski definition) is 4. The molecule has 2 aromatic rings. The molecule has 0 saturated heterocycles. The molecule has 8 heteroatoms. The molecule has 146 valence electrons. The first-order chi connectivity index (χ1) is 12.4. The number of nitrogens with two attached hydrogens (primary N) is 1. The molecule has 3 rings (SSSR count). The standard InChI is InChI=1S/C19H23N3O3S.ClH/c1-2-13-26(24,25)21-15-10-8-14(9-11-15)19(23)22-12-4-5-16-17(20)6-3-7-18(16)22;/h3,6-11,21H,2,4-5,12-13,20H2,1H3;1H. The number of amides is 1. The number of sulfonamides is 1. The van der Waals surface area contributed by atoms with Gasteiger partial charge in [-0.3, -0.25) is 9.52 Å². The molecule has 6 nitrogen and oxygen atoms in total. The topological polar surface area (TPSA) is 92.5 Å². The second-order valence-electron chi connectivity index (χ2n) is 6.40. The van der Waals surface area contributed by atoms with Crippen molar-refractivity contribution >= 4 is 45.4 Å². The Morgan fingerprint density at radius 3 is 2.56 bits per heavy atom. The molecule has 3 N–H and O–H groups in total. The van der Waals surface area contributed by atoms with Gasteiger partial charge in [-0.25, -0.2) is 8.42 Å². The molecule has 2 aromatic carbocycles. The SMILES string of the molecule is CCCS(=O)(=O)Nc1ccc(C(=O)N2CCCc3c(N)cccc32)cc1.Cl. The largest absolute Gasteiger partial charge is 0.398 e. The fourth-order valence-electron chi connectivity index (χ4n) is 3.20. The van der Waals surface area contributed by atoms with Crippen LogP contribution in [0.15, 0.2) is 42.5 Å². The van der Waals surface area contributed by atoms with E-state index in [1.807, 2.05) is 25.1 Å². The molecule has 1 heterocycles. The molecule has 0 bridgehead atoms. The van der Waals surface area contributed by atoms with Gasteiger partial charge in [-0.05, 0) is 61.2 Å². The van der Waals surface area contributed by atoms with E-state index in [4.69, 9.17) is 5.73 Å². The summed E-state index contributed by atoms with van der Waals surface area (Å²) in [6, 6.07) is 12.1. The number of nitrogens with zero attached hydrogens (tertiary/aromatic N) is 1. The number of benzene rings is 2. The second-order valence-corrected chi connectivity index (χ2v) is 8.25. The van der Waals surface area contributed by atoms with Gasteiger partial charge < -0.3 is 10.6 Å². The van der Waals surface area contributed by atoms with Gasteiger partial charge in [0.1, 0.15) is 0 Å². The molecule has 0 fully saturated rings. The quantitative estimate of drug-likeness (QED) is 0.740. The third-order valence-electron chi connectivity index (χ3n) is 4.41. The number of carbonyl (C=O) groups excluding carboxylic acids is 1. The van der Waals surface area contributed by atoms with Crippen molar-refractivity contribution in [2.24, 2.45) is 0 Å². The molecule has 0 radical (unpaired) electrons. The highest BCUT2D eigenvalue weighted by Crippen LogP contribution is 2.32. The minimum absolute atomic E-state index is 0. The first-order valence-electron chi connectivity index (χ1n) is 8.71. The number of nitrogens with one attached hydrogen (secondary N) is 1. The van der Waals surface area contributed by atoms with E-state index in [0.717, 1.165) is 24.1 Å². The number of hydrogen-bond donors (Lipinski definition) is 2. The lowest BCUT2D eigenvalue weighted by Crippen LogP contribution is -2.35. The highest BCUT2D eigenvalue weighted by atomic mass is 35.5. The second kappa shape index (κ2) is 8.63. The first kappa shape index (κ1) is 21.1. The lowest BCUT2D eigenvalue weighted by molar-refractivity contribution is 0.0985. The summed E-state index contributed by atoms with van der Waals surface area (Å²) in [5.41, 5.74) is 9.59. The van der Waals surface area contributed by atoms with Crippen LogP contribution in [0, 0.1) is 0 Å². The van der Waals surface area contributed by atoms with Gasteiger partial charge in [-0.15, -0.1) is 12.4 Å². The molecular weight excluding hydrogens is 386 g/mol. The predicted octanol–water partition coefficient (Wildman–Crippen LogP) is 3.44. The van der Waals surface area contributed by atoms with Crippen molar-refractivity contribution in [2.75, 3.05) is 27.7 Å². The zero-order valence-electron chi connectivity index (χ0n) is 15.1. The lowest BCUT2D eigenvalue weighted by atomic mass is 9.99. The summed E-state index contributed by atoms with van der Waals surface area (Å²) in [6.07, 6.45) is 2.27. The van der Waals surface area contributed by atoms with Crippen LogP contribution in [0.25, 0.3) is 0 Å². The maximum absolute atomic E-state index is 12.9. The van der Waals surface area contributed by atoms with E-state index in [1.165, 1.54) is 0 Å². The van der Waals surface area contributed by atoms with E-state index in [1.54, 1.807) is 29.2 Å². The van der Waals surface area contributed by atoms with E-state index < -0.39 is 10.0 Å². The number of anilines is 3. The average molecular weight is 410 g/mol. The Labute approximate surface area is 166 Å². The van der Waals surface area contributed by atoms with Crippen LogP contribution in [0.2, 0.25) is 0 Å². The highest BCUT2D eigenvalue weighted by molar-refractivity contribution is 7.92. The zero-order valence-corrected chi connectivity index (χ0v) is 16.8. The van der Waals surface area contributed by atoms with Crippen molar-refractivity contribution in [2.45, 2.75) is 26.2 Å². The zero-order chi connectivity index (χ0) is 18.7. The molecule has 0 saturated carbocycles. The molecule has 0 unspecified atom stereocenters. The van der Waals surface area contributed by atoms with Crippen LogP contribution in [-0.4, -0.2) is 26.6 Å². The fraction of sp³-hybridized carbons (Fsp3) is 0.316. The maximum atomic E-state index is 12.9. The summed E-state index contributed by atoms with van der Waals surface area (Å²) in [6.45, 7) is 2.45. The Bertz CT molecular complexity index is 914. The van der Waals surface area contributed by atoms with Gasteiger partial charge in [0.25, 0.3) is 5.91 Å². The summed E-state index contributed by atoms with van der Waals surface area (Å²) in [5.74, 6) is -0.0424. The van der Waals surface area contributed by atoms with Crippen molar-refractivity contribution in [1.29, 1.82) is 0 Å². The summed E-state index contributed by atoms with van der Waals surface area (Å²) in [4.78, 5) is 14.7. The van der Waals surface area contributed by atoms with E-state index in [9.17, 15) is 13.2 Å². The van der Waals surface area contributed by atoms with Gasteiger partial charge >= 0.3 is 0 Å². The maximum Gasteiger partial charge on any atom is 0.258 e. The third kappa shape index (κ3) is 4.73.